The van der Waals surface area contributed by atoms with Crippen molar-refractivity contribution in [3.8, 4) is 0 Å². The number of aliphatic hydroxyl groups is 1. The minimum Gasteiger partial charge on any atom is -0.393 e. The van der Waals surface area contributed by atoms with Gasteiger partial charge in [-0.1, -0.05) is 38.8 Å². The monoisotopic (exact) mass is 296 g/mol. The Kier molecular flexibility index (Phi) is 5.38. The van der Waals surface area contributed by atoms with Crippen molar-refractivity contribution in [2.24, 2.45) is 11.3 Å². The van der Waals surface area contributed by atoms with Gasteiger partial charge in [0, 0.05) is 13.0 Å². The molecule has 5 heteroatoms. The van der Waals surface area contributed by atoms with Crippen LogP contribution in [0.15, 0.2) is 4.52 Å². The van der Waals surface area contributed by atoms with E-state index in [0.717, 1.165) is 19.3 Å². The lowest BCUT2D eigenvalue weighted by Crippen LogP contribution is -2.26. The molecule has 120 valence electrons. The predicted molar refractivity (Wildman–Crippen MR) is 79.8 cm³/mol. The van der Waals surface area contributed by atoms with E-state index in [0.29, 0.717) is 24.7 Å². The number of aromatic nitrogens is 2. The zero-order valence-electron chi connectivity index (χ0n) is 13.6. The fourth-order valence-electron chi connectivity index (χ4n) is 2.99. The molecule has 1 N–H and O–H groups in total. The van der Waals surface area contributed by atoms with Crippen molar-refractivity contribution in [3.63, 3.8) is 0 Å². The van der Waals surface area contributed by atoms with Crippen LogP contribution in [0.4, 0.5) is 0 Å². The van der Waals surface area contributed by atoms with Crippen LogP contribution in [-0.2, 0) is 11.2 Å². The zero-order valence-corrected chi connectivity index (χ0v) is 13.6. The summed E-state index contributed by atoms with van der Waals surface area (Å²) in [6.07, 6.45) is 4.46. The van der Waals surface area contributed by atoms with Crippen molar-refractivity contribution in [1.82, 2.24) is 10.1 Å². The molecule has 1 aromatic heterocycles. The lowest BCUT2D eigenvalue weighted by molar-refractivity contribution is -0.0203. The van der Waals surface area contributed by atoms with Crippen LogP contribution < -0.4 is 0 Å². The summed E-state index contributed by atoms with van der Waals surface area (Å²) in [5, 5.41) is 14.1. The number of hydrogen-bond acceptors (Lipinski definition) is 5. The molecular weight excluding hydrogens is 268 g/mol. The highest BCUT2D eigenvalue weighted by molar-refractivity contribution is 4.97. The number of aliphatic hydroxyl groups excluding tert-OH is 1. The summed E-state index contributed by atoms with van der Waals surface area (Å²) in [6.45, 7) is 8.90. The van der Waals surface area contributed by atoms with Gasteiger partial charge in [-0.2, -0.15) is 4.98 Å². The van der Waals surface area contributed by atoms with Crippen LogP contribution in [0.3, 0.4) is 0 Å². The van der Waals surface area contributed by atoms with Crippen molar-refractivity contribution in [1.29, 1.82) is 0 Å². The molecule has 1 fully saturated rings. The average molecular weight is 296 g/mol. The molecule has 3 unspecified atom stereocenters. The smallest absolute Gasteiger partial charge is 0.227 e. The van der Waals surface area contributed by atoms with Crippen LogP contribution in [0, 0.1) is 11.3 Å². The third-order valence-electron chi connectivity index (χ3n) is 4.14. The third-order valence-corrected chi connectivity index (χ3v) is 4.14. The molecule has 0 bridgehead atoms. The summed E-state index contributed by atoms with van der Waals surface area (Å²) in [5.74, 6) is 1.47. The van der Waals surface area contributed by atoms with Crippen LogP contribution in [0.5, 0.6) is 0 Å². The zero-order chi connectivity index (χ0) is 15.5. The predicted octanol–water partition coefficient (Wildman–Crippen LogP) is 3.29. The lowest BCUT2D eigenvalue weighted by atomic mass is 9.84. The Labute approximate surface area is 127 Å². The topological polar surface area (TPSA) is 68.4 Å². The van der Waals surface area contributed by atoms with Gasteiger partial charge in [0.25, 0.3) is 0 Å². The van der Waals surface area contributed by atoms with E-state index in [1.54, 1.807) is 0 Å². The summed E-state index contributed by atoms with van der Waals surface area (Å²) < 4.78 is 11.2. The highest BCUT2D eigenvalue weighted by atomic mass is 16.5. The number of hydrogen-bond donors (Lipinski definition) is 1. The molecule has 21 heavy (non-hydrogen) atoms. The second-order valence-corrected chi connectivity index (χ2v) is 7.06. The van der Waals surface area contributed by atoms with Gasteiger partial charge in [0.05, 0.1) is 6.10 Å². The van der Waals surface area contributed by atoms with E-state index in [9.17, 15) is 5.11 Å². The highest BCUT2D eigenvalue weighted by Gasteiger charge is 2.32. The van der Waals surface area contributed by atoms with Gasteiger partial charge in [-0.15, -0.1) is 0 Å². The summed E-state index contributed by atoms with van der Waals surface area (Å²) >= 11 is 0. The summed E-state index contributed by atoms with van der Waals surface area (Å²) in [7, 11) is 0. The second-order valence-electron chi connectivity index (χ2n) is 7.06. The SMILES string of the molecule is CCOC(c1noc(CC2CCCCC2O)n1)C(C)(C)C. The standard InChI is InChI=1S/C16H28N2O3/c1-5-20-14(16(2,3)4)15-17-13(21-18-15)10-11-8-6-7-9-12(11)19/h11-12,14,19H,5-10H2,1-4H3. The van der Waals surface area contributed by atoms with Gasteiger partial charge in [-0.3, -0.25) is 0 Å². The van der Waals surface area contributed by atoms with E-state index in [1.165, 1.54) is 6.42 Å². The number of nitrogens with zero attached hydrogens (tertiary/aromatic N) is 2. The Morgan fingerprint density at radius 3 is 2.67 bits per heavy atom. The van der Waals surface area contributed by atoms with E-state index < -0.39 is 0 Å². The first-order valence-electron chi connectivity index (χ1n) is 8.04. The van der Waals surface area contributed by atoms with Crippen molar-refractivity contribution in [2.75, 3.05) is 6.61 Å². The van der Waals surface area contributed by atoms with Crippen molar-refractivity contribution >= 4 is 0 Å². The summed E-state index contributed by atoms with van der Waals surface area (Å²) in [5.41, 5.74) is -0.0818. The largest absolute Gasteiger partial charge is 0.393 e. The summed E-state index contributed by atoms with van der Waals surface area (Å²) in [6, 6.07) is 0. The molecule has 1 heterocycles. The van der Waals surface area contributed by atoms with Crippen LogP contribution in [-0.4, -0.2) is 28.0 Å². The van der Waals surface area contributed by atoms with Gasteiger partial charge in [-0.05, 0) is 31.1 Å². The first-order valence-corrected chi connectivity index (χ1v) is 8.04. The fraction of sp³-hybridized carbons (Fsp3) is 0.875. The van der Waals surface area contributed by atoms with Crippen molar-refractivity contribution in [2.45, 2.75) is 72.0 Å². The Balaban J connectivity index is 2.05. The molecule has 0 aromatic carbocycles. The van der Waals surface area contributed by atoms with Crippen LogP contribution in [0.1, 0.15) is 71.2 Å². The molecule has 1 saturated carbocycles. The minimum absolute atomic E-state index is 0.0818. The normalized spacial score (nSPS) is 25.0. The third kappa shape index (κ3) is 4.27. The Bertz CT molecular complexity index is 439. The van der Waals surface area contributed by atoms with Crippen LogP contribution in [0.2, 0.25) is 0 Å². The number of ether oxygens (including phenoxy) is 1. The molecule has 0 amide bonds. The summed E-state index contributed by atoms with van der Waals surface area (Å²) in [4.78, 5) is 4.51. The Morgan fingerprint density at radius 2 is 2.05 bits per heavy atom. The van der Waals surface area contributed by atoms with E-state index in [-0.39, 0.29) is 23.5 Å². The molecule has 5 nitrogen and oxygen atoms in total. The van der Waals surface area contributed by atoms with Crippen molar-refractivity contribution < 1.29 is 14.4 Å². The molecule has 0 aliphatic heterocycles. The molecule has 0 spiro atoms. The molecule has 1 aliphatic rings. The lowest BCUT2D eigenvalue weighted by Gasteiger charge is -2.27. The number of rotatable bonds is 5. The molecule has 1 aromatic rings. The van der Waals surface area contributed by atoms with Crippen LogP contribution in [0.25, 0.3) is 0 Å². The van der Waals surface area contributed by atoms with Gasteiger partial charge in [-0.25, -0.2) is 0 Å². The second kappa shape index (κ2) is 6.88. The van der Waals surface area contributed by atoms with Gasteiger partial charge in [0.15, 0.2) is 0 Å². The van der Waals surface area contributed by atoms with Gasteiger partial charge in [0.2, 0.25) is 11.7 Å². The van der Waals surface area contributed by atoms with E-state index in [4.69, 9.17) is 9.26 Å². The first kappa shape index (κ1) is 16.4. The van der Waals surface area contributed by atoms with E-state index in [2.05, 4.69) is 30.9 Å². The van der Waals surface area contributed by atoms with Gasteiger partial charge in [0.1, 0.15) is 6.10 Å². The van der Waals surface area contributed by atoms with Gasteiger partial charge >= 0.3 is 0 Å². The van der Waals surface area contributed by atoms with Crippen molar-refractivity contribution in [3.05, 3.63) is 11.7 Å². The molecule has 1 aliphatic carbocycles. The molecule has 3 atom stereocenters. The highest BCUT2D eigenvalue weighted by Crippen LogP contribution is 2.35. The van der Waals surface area contributed by atoms with E-state index in [1.807, 2.05) is 6.92 Å². The van der Waals surface area contributed by atoms with Crippen LogP contribution >= 0.6 is 0 Å². The fourth-order valence-corrected chi connectivity index (χ4v) is 2.99. The molecular formula is C16H28N2O3. The molecule has 2 rings (SSSR count). The quantitative estimate of drug-likeness (QED) is 0.903. The van der Waals surface area contributed by atoms with E-state index >= 15 is 0 Å². The Morgan fingerprint density at radius 1 is 1.33 bits per heavy atom. The Hall–Kier alpha value is -0.940. The maximum Gasteiger partial charge on any atom is 0.227 e. The maximum absolute atomic E-state index is 10.0. The molecule has 0 radical (unpaired) electrons. The average Bonchev–Trinajstić information content (AvgIpc) is 2.85. The molecule has 0 saturated heterocycles. The van der Waals surface area contributed by atoms with Gasteiger partial charge < -0.3 is 14.4 Å². The minimum atomic E-state index is -0.237. The maximum atomic E-state index is 10.0. The first-order chi connectivity index (χ1) is 9.91.